The van der Waals surface area contributed by atoms with Crippen LogP contribution in [0.1, 0.15) is 6.92 Å². The van der Waals surface area contributed by atoms with E-state index in [1.54, 1.807) is 6.92 Å². The lowest BCUT2D eigenvalue weighted by Crippen LogP contribution is -2.48. The summed E-state index contributed by atoms with van der Waals surface area (Å²) in [4.78, 5) is 0. The van der Waals surface area contributed by atoms with Gasteiger partial charge in [-0.1, -0.05) is 0 Å². The molecule has 13 heavy (non-hydrogen) atoms. The van der Waals surface area contributed by atoms with Crippen molar-refractivity contribution in [3.05, 3.63) is 0 Å². The molecule has 0 radical (unpaired) electrons. The van der Waals surface area contributed by atoms with E-state index < -0.39 is 27.7 Å². The number of ether oxygens (including phenoxy) is 3. The molecule has 6 heteroatoms. The molecule has 3 unspecified atom stereocenters. The van der Waals surface area contributed by atoms with Crippen molar-refractivity contribution >= 4 is 9.84 Å². The van der Waals surface area contributed by atoms with Crippen LogP contribution in [-0.4, -0.2) is 46.2 Å². The molecule has 0 aromatic rings. The van der Waals surface area contributed by atoms with Crippen molar-refractivity contribution in [1.82, 2.24) is 0 Å². The molecule has 0 bridgehead atoms. The maximum atomic E-state index is 11.5. The van der Waals surface area contributed by atoms with E-state index in [0.29, 0.717) is 0 Å². The molecule has 0 amide bonds. The standard InChI is InChI=1S/C7H14O5S/c1-5-7(11-3)12-6(10-2)4-13(5,8)9/h5-7H,4H2,1-3H3. The van der Waals surface area contributed by atoms with Crippen LogP contribution in [-0.2, 0) is 24.0 Å². The highest BCUT2D eigenvalue weighted by atomic mass is 32.2. The molecule has 1 rings (SSSR count). The second-order valence-electron chi connectivity index (χ2n) is 2.94. The van der Waals surface area contributed by atoms with Gasteiger partial charge in [-0.05, 0) is 6.92 Å². The van der Waals surface area contributed by atoms with Crippen molar-refractivity contribution in [3.63, 3.8) is 0 Å². The lowest BCUT2D eigenvalue weighted by atomic mass is 10.4. The molecule has 1 fully saturated rings. The van der Waals surface area contributed by atoms with Gasteiger partial charge in [0.15, 0.2) is 22.4 Å². The molecule has 1 heterocycles. The predicted octanol–water partition coefficient (Wildman–Crippen LogP) is -0.235. The fourth-order valence-corrected chi connectivity index (χ4v) is 2.59. The smallest absolute Gasteiger partial charge is 0.176 e. The number of hydrogen-bond donors (Lipinski definition) is 0. The minimum Gasteiger partial charge on any atom is -0.355 e. The summed E-state index contributed by atoms with van der Waals surface area (Å²) in [5, 5.41) is -0.635. The lowest BCUT2D eigenvalue weighted by Gasteiger charge is -2.32. The number of rotatable bonds is 2. The van der Waals surface area contributed by atoms with Crippen LogP contribution in [0.15, 0.2) is 0 Å². The van der Waals surface area contributed by atoms with E-state index in [9.17, 15) is 8.42 Å². The van der Waals surface area contributed by atoms with Crippen LogP contribution in [0.3, 0.4) is 0 Å². The monoisotopic (exact) mass is 210 g/mol. The van der Waals surface area contributed by atoms with Crippen LogP contribution in [0, 0.1) is 0 Å². The molecule has 0 aromatic heterocycles. The van der Waals surface area contributed by atoms with Gasteiger partial charge >= 0.3 is 0 Å². The topological polar surface area (TPSA) is 61.8 Å². The summed E-state index contributed by atoms with van der Waals surface area (Å²) in [5.74, 6) is -0.107. The van der Waals surface area contributed by atoms with Crippen molar-refractivity contribution in [2.45, 2.75) is 24.8 Å². The Hall–Kier alpha value is -0.170. The number of methoxy groups -OCH3 is 2. The Morgan fingerprint density at radius 2 is 1.92 bits per heavy atom. The fourth-order valence-electron chi connectivity index (χ4n) is 1.18. The average Bonchev–Trinajstić information content (AvgIpc) is 2.09. The third kappa shape index (κ3) is 2.19. The van der Waals surface area contributed by atoms with E-state index in [1.165, 1.54) is 14.2 Å². The molecule has 78 valence electrons. The molecule has 5 nitrogen and oxygen atoms in total. The quantitative estimate of drug-likeness (QED) is 0.629. The maximum absolute atomic E-state index is 11.5. The zero-order valence-electron chi connectivity index (χ0n) is 7.89. The number of sulfone groups is 1. The molecular weight excluding hydrogens is 196 g/mol. The lowest BCUT2D eigenvalue weighted by molar-refractivity contribution is -0.225. The molecular formula is C7H14O5S. The summed E-state index contributed by atoms with van der Waals surface area (Å²) in [7, 11) is -0.342. The van der Waals surface area contributed by atoms with Crippen LogP contribution < -0.4 is 0 Å². The molecule has 1 aliphatic heterocycles. The van der Waals surface area contributed by atoms with Gasteiger partial charge in [-0.25, -0.2) is 8.42 Å². The van der Waals surface area contributed by atoms with Gasteiger partial charge in [0, 0.05) is 14.2 Å². The third-order valence-corrected chi connectivity index (χ3v) is 4.19. The summed E-state index contributed by atoms with van der Waals surface area (Å²) in [6.07, 6.45) is -1.45. The molecule has 0 N–H and O–H groups in total. The van der Waals surface area contributed by atoms with Gasteiger partial charge in [0.1, 0.15) is 11.0 Å². The van der Waals surface area contributed by atoms with Gasteiger partial charge in [0.2, 0.25) is 0 Å². The van der Waals surface area contributed by atoms with Crippen LogP contribution in [0.2, 0.25) is 0 Å². The third-order valence-electron chi connectivity index (χ3n) is 2.10. The SMILES string of the molecule is COC1CS(=O)(=O)C(C)C(OC)O1. The van der Waals surface area contributed by atoms with E-state index >= 15 is 0 Å². The highest BCUT2D eigenvalue weighted by molar-refractivity contribution is 7.92. The van der Waals surface area contributed by atoms with Crippen molar-refractivity contribution < 1.29 is 22.6 Å². The molecule has 0 saturated carbocycles. The largest absolute Gasteiger partial charge is 0.355 e. The predicted molar refractivity (Wildman–Crippen MR) is 45.9 cm³/mol. The van der Waals surface area contributed by atoms with E-state index in [4.69, 9.17) is 14.2 Å². The van der Waals surface area contributed by atoms with Gasteiger partial charge in [-0.15, -0.1) is 0 Å². The first-order valence-electron chi connectivity index (χ1n) is 3.94. The van der Waals surface area contributed by atoms with Crippen molar-refractivity contribution in [2.75, 3.05) is 20.0 Å². The molecule has 0 aromatic carbocycles. The Labute approximate surface area is 77.9 Å². The van der Waals surface area contributed by atoms with Gasteiger partial charge in [-0.3, -0.25) is 0 Å². The average molecular weight is 210 g/mol. The Morgan fingerprint density at radius 1 is 1.31 bits per heavy atom. The van der Waals surface area contributed by atoms with E-state index in [2.05, 4.69) is 0 Å². The van der Waals surface area contributed by atoms with Crippen LogP contribution in [0.25, 0.3) is 0 Å². The van der Waals surface area contributed by atoms with Crippen LogP contribution in [0.4, 0.5) is 0 Å². The first-order valence-corrected chi connectivity index (χ1v) is 5.65. The second kappa shape index (κ2) is 3.91. The minimum absolute atomic E-state index is 0.107. The van der Waals surface area contributed by atoms with Crippen LogP contribution >= 0.6 is 0 Å². The van der Waals surface area contributed by atoms with Gasteiger partial charge in [-0.2, -0.15) is 0 Å². The Kier molecular flexibility index (Phi) is 3.28. The summed E-state index contributed by atoms with van der Waals surface area (Å²) < 4.78 is 37.9. The van der Waals surface area contributed by atoms with Crippen molar-refractivity contribution in [3.8, 4) is 0 Å². The van der Waals surface area contributed by atoms with Crippen LogP contribution in [0.5, 0.6) is 0 Å². The Balaban J connectivity index is 2.81. The fraction of sp³-hybridized carbons (Fsp3) is 1.00. The highest BCUT2D eigenvalue weighted by Crippen LogP contribution is 2.21. The van der Waals surface area contributed by atoms with E-state index in [0.717, 1.165) is 0 Å². The zero-order chi connectivity index (χ0) is 10.1. The molecule has 1 saturated heterocycles. The van der Waals surface area contributed by atoms with Gasteiger partial charge in [0.25, 0.3) is 0 Å². The summed E-state index contributed by atoms with van der Waals surface area (Å²) in [6.45, 7) is 1.56. The molecule has 1 aliphatic rings. The summed E-state index contributed by atoms with van der Waals surface area (Å²) in [5.41, 5.74) is 0. The highest BCUT2D eigenvalue weighted by Gasteiger charge is 2.39. The zero-order valence-corrected chi connectivity index (χ0v) is 8.71. The Morgan fingerprint density at radius 3 is 2.38 bits per heavy atom. The normalized spacial score (nSPS) is 38.8. The first-order chi connectivity index (χ1) is 6.01. The molecule has 0 aliphatic carbocycles. The molecule has 3 atom stereocenters. The molecule has 0 spiro atoms. The number of hydrogen-bond acceptors (Lipinski definition) is 5. The second-order valence-corrected chi connectivity index (χ2v) is 5.34. The van der Waals surface area contributed by atoms with E-state index in [1.807, 2.05) is 0 Å². The summed E-state index contributed by atoms with van der Waals surface area (Å²) >= 11 is 0. The first kappa shape index (κ1) is 10.9. The summed E-state index contributed by atoms with van der Waals surface area (Å²) in [6, 6.07) is 0. The Bertz CT molecular complexity index is 260. The van der Waals surface area contributed by atoms with Crippen molar-refractivity contribution in [2.24, 2.45) is 0 Å². The maximum Gasteiger partial charge on any atom is 0.176 e. The van der Waals surface area contributed by atoms with Gasteiger partial charge in [0.05, 0.1) is 0 Å². The minimum atomic E-state index is -3.16. The van der Waals surface area contributed by atoms with Crippen molar-refractivity contribution in [1.29, 1.82) is 0 Å². The van der Waals surface area contributed by atoms with E-state index in [-0.39, 0.29) is 5.75 Å². The van der Waals surface area contributed by atoms with Gasteiger partial charge < -0.3 is 14.2 Å².